The fourth-order valence-electron chi connectivity index (χ4n) is 2.27. The lowest BCUT2D eigenvalue weighted by molar-refractivity contribution is -0.290. The number of hydrogen-bond donors (Lipinski definition) is 0. The number of ether oxygens (including phenoxy) is 1. The average molecular weight is 419 g/mol. The van der Waals surface area contributed by atoms with Crippen LogP contribution in [0.3, 0.4) is 0 Å². The number of thioether (sulfide) groups is 1. The van der Waals surface area contributed by atoms with Crippen LogP contribution >= 0.6 is 11.8 Å². The SMILES string of the molecule is CCSc1nn2c(C)ccnc2c1-c1cnc(OCC(F)(F)C(F)(F)F)cn1. The van der Waals surface area contributed by atoms with Crippen LogP contribution in [-0.4, -0.2) is 49.0 Å². The van der Waals surface area contributed by atoms with Crippen molar-refractivity contribution in [2.75, 3.05) is 12.4 Å². The van der Waals surface area contributed by atoms with Crippen molar-refractivity contribution in [1.82, 2.24) is 24.6 Å². The second-order valence-electron chi connectivity index (χ2n) is 5.67. The standard InChI is InChI=1S/C16H14F5N5OS/c1-3-28-14-12(13-22-5-4-9(2)26(13)25-14)10-6-24-11(7-23-10)27-8-15(17,18)16(19,20)21/h4-7H,3,8H2,1-2H3. The number of halogens is 5. The van der Waals surface area contributed by atoms with Crippen molar-refractivity contribution in [2.24, 2.45) is 0 Å². The summed E-state index contributed by atoms with van der Waals surface area (Å²) in [4.78, 5) is 12.2. The monoisotopic (exact) mass is 419 g/mol. The third-order valence-electron chi connectivity index (χ3n) is 3.66. The molecule has 3 aromatic heterocycles. The maximum atomic E-state index is 12.9. The van der Waals surface area contributed by atoms with E-state index in [1.54, 1.807) is 16.8 Å². The Morgan fingerprint density at radius 1 is 1.11 bits per heavy atom. The number of rotatable bonds is 6. The fraction of sp³-hybridized carbons (Fsp3) is 0.375. The van der Waals surface area contributed by atoms with Gasteiger partial charge in [-0.15, -0.1) is 11.8 Å². The van der Waals surface area contributed by atoms with Crippen LogP contribution in [0.25, 0.3) is 16.9 Å². The van der Waals surface area contributed by atoms with Gasteiger partial charge in [0.15, 0.2) is 12.3 Å². The summed E-state index contributed by atoms with van der Waals surface area (Å²) in [6, 6.07) is 1.79. The van der Waals surface area contributed by atoms with Crippen LogP contribution in [-0.2, 0) is 0 Å². The summed E-state index contributed by atoms with van der Waals surface area (Å²) < 4.78 is 68.6. The zero-order chi connectivity index (χ0) is 20.5. The molecule has 0 saturated heterocycles. The Balaban J connectivity index is 1.90. The Labute approximate surface area is 160 Å². The Hall–Kier alpha value is -2.50. The summed E-state index contributed by atoms with van der Waals surface area (Å²) in [6.45, 7) is 1.93. The second kappa shape index (κ2) is 7.49. The highest BCUT2D eigenvalue weighted by Crippen LogP contribution is 2.36. The molecule has 0 fully saturated rings. The molecule has 0 spiro atoms. The number of fused-ring (bicyclic) bond motifs is 1. The van der Waals surface area contributed by atoms with E-state index in [1.807, 2.05) is 13.8 Å². The molecule has 0 amide bonds. The van der Waals surface area contributed by atoms with Crippen molar-refractivity contribution < 1.29 is 26.7 Å². The van der Waals surface area contributed by atoms with Crippen molar-refractivity contribution >= 4 is 17.4 Å². The predicted molar refractivity (Wildman–Crippen MR) is 91.6 cm³/mol. The first-order valence-electron chi connectivity index (χ1n) is 8.01. The molecular formula is C16H14F5N5OS. The van der Waals surface area contributed by atoms with Crippen LogP contribution in [0.5, 0.6) is 5.88 Å². The molecule has 150 valence electrons. The van der Waals surface area contributed by atoms with E-state index in [2.05, 4.69) is 24.8 Å². The highest BCUT2D eigenvalue weighted by atomic mass is 32.2. The average Bonchev–Trinajstić information content (AvgIpc) is 2.99. The molecule has 3 rings (SSSR count). The molecule has 0 bridgehead atoms. The van der Waals surface area contributed by atoms with E-state index in [0.717, 1.165) is 17.6 Å². The fourth-order valence-corrected chi connectivity index (χ4v) is 3.02. The molecule has 3 aromatic rings. The summed E-state index contributed by atoms with van der Waals surface area (Å²) in [6.07, 6.45) is -1.88. The first-order chi connectivity index (χ1) is 13.1. The molecule has 6 nitrogen and oxygen atoms in total. The first-order valence-corrected chi connectivity index (χ1v) is 8.99. The number of hydrogen-bond acceptors (Lipinski definition) is 6. The van der Waals surface area contributed by atoms with Crippen LogP contribution < -0.4 is 4.74 Å². The molecule has 0 aromatic carbocycles. The van der Waals surface area contributed by atoms with Crippen molar-refractivity contribution in [3.8, 4) is 17.1 Å². The van der Waals surface area contributed by atoms with E-state index in [0.29, 0.717) is 21.9 Å². The van der Waals surface area contributed by atoms with E-state index < -0.39 is 24.6 Å². The molecule has 0 aliphatic heterocycles. The maximum absolute atomic E-state index is 12.9. The lowest BCUT2D eigenvalue weighted by atomic mass is 10.2. The normalized spacial score (nSPS) is 12.5. The summed E-state index contributed by atoms with van der Waals surface area (Å²) in [5.74, 6) is -4.70. The smallest absolute Gasteiger partial charge is 0.456 e. The minimum Gasteiger partial charge on any atom is -0.470 e. The van der Waals surface area contributed by atoms with Gasteiger partial charge in [0.2, 0.25) is 5.88 Å². The number of aromatic nitrogens is 5. The predicted octanol–water partition coefficient (Wildman–Crippen LogP) is 4.18. The van der Waals surface area contributed by atoms with Crippen LogP contribution in [0, 0.1) is 6.92 Å². The molecule has 0 atom stereocenters. The van der Waals surface area contributed by atoms with Gasteiger partial charge in [-0.3, -0.25) is 0 Å². The Morgan fingerprint density at radius 2 is 1.86 bits per heavy atom. The van der Waals surface area contributed by atoms with Gasteiger partial charge < -0.3 is 4.74 Å². The summed E-state index contributed by atoms with van der Waals surface area (Å²) >= 11 is 1.46. The van der Waals surface area contributed by atoms with Gasteiger partial charge in [-0.25, -0.2) is 19.5 Å². The van der Waals surface area contributed by atoms with Gasteiger partial charge in [0, 0.05) is 11.9 Å². The second-order valence-corrected chi connectivity index (χ2v) is 6.92. The minimum atomic E-state index is -5.70. The Kier molecular flexibility index (Phi) is 5.41. The van der Waals surface area contributed by atoms with Gasteiger partial charge in [0.1, 0.15) is 5.03 Å². The molecule has 12 heteroatoms. The van der Waals surface area contributed by atoms with Gasteiger partial charge in [-0.1, -0.05) is 6.92 Å². The largest absolute Gasteiger partial charge is 0.470 e. The van der Waals surface area contributed by atoms with Crippen molar-refractivity contribution in [3.63, 3.8) is 0 Å². The van der Waals surface area contributed by atoms with E-state index in [1.165, 1.54) is 18.0 Å². The first kappa shape index (κ1) is 20.2. The van der Waals surface area contributed by atoms with Crippen LogP contribution in [0.4, 0.5) is 22.0 Å². The van der Waals surface area contributed by atoms with Crippen molar-refractivity contribution in [1.29, 1.82) is 0 Å². The molecular weight excluding hydrogens is 405 g/mol. The molecule has 0 aliphatic rings. The topological polar surface area (TPSA) is 65.2 Å². The van der Waals surface area contributed by atoms with Crippen LogP contribution in [0.2, 0.25) is 0 Å². The highest BCUT2D eigenvalue weighted by molar-refractivity contribution is 7.99. The molecule has 0 aliphatic carbocycles. The molecule has 28 heavy (non-hydrogen) atoms. The van der Waals surface area contributed by atoms with E-state index in [-0.39, 0.29) is 0 Å². The number of alkyl halides is 5. The van der Waals surface area contributed by atoms with E-state index in [4.69, 9.17) is 0 Å². The van der Waals surface area contributed by atoms with Gasteiger partial charge in [-0.05, 0) is 18.7 Å². The maximum Gasteiger partial charge on any atom is 0.456 e. The van der Waals surface area contributed by atoms with Gasteiger partial charge in [-0.2, -0.15) is 27.1 Å². The molecule has 0 unspecified atom stereocenters. The molecule has 0 N–H and O–H groups in total. The van der Waals surface area contributed by atoms with E-state index >= 15 is 0 Å². The zero-order valence-corrected chi connectivity index (χ0v) is 15.5. The highest BCUT2D eigenvalue weighted by Gasteiger charge is 2.58. The Morgan fingerprint density at radius 3 is 2.46 bits per heavy atom. The molecule has 3 heterocycles. The molecule has 0 radical (unpaired) electrons. The third-order valence-corrected chi connectivity index (χ3v) is 4.50. The lowest BCUT2D eigenvalue weighted by Gasteiger charge is -2.19. The van der Waals surface area contributed by atoms with Gasteiger partial charge >= 0.3 is 12.1 Å². The third kappa shape index (κ3) is 3.86. The molecule has 0 saturated carbocycles. The quantitative estimate of drug-likeness (QED) is 0.441. The minimum absolute atomic E-state index is 0.346. The number of aryl methyl sites for hydroxylation is 1. The van der Waals surface area contributed by atoms with E-state index in [9.17, 15) is 22.0 Å². The Bertz CT molecular complexity index is 974. The summed E-state index contributed by atoms with van der Waals surface area (Å²) in [5, 5.41) is 5.14. The van der Waals surface area contributed by atoms with Gasteiger partial charge in [0.25, 0.3) is 0 Å². The summed E-state index contributed by atoms with van der Waals surface area (Å²) in [5.41, 5.74) is 2.31. The van der Waals surface area contributed by atoms with Crippen molar-refractivity contribution in [3.05, 3.63) is 30.4 Å². The van der Waals surface area contributed by atoms with Crippen molar-refractivity contribution in [2.45, 2.75) is 31.0 Å². The summed E-state index contributed by atoms with van der Waals surface area (Å²) in [7, 11) is 0. The van der Waals surface area contributed by atoms with Crippen LogP contribution in [0.1, 0.15) is 12.6 Å². The zero-order valence-electron chi connectivity index (χ0n) is 14.7. The van der Waals surface area contributed by atoms with Crippen LogP contribution in [0.15, 0.2) is 29.7 Å². The lowest BCUT2D eigenvalue weighted by Crippen LogP contribution is -2.41. The number of nitrogens with zero attached hydrogens (tertiary/aromatic N) is 5. The van der Waals surface area contributed by atoms with Gasteiger partial charge in [0.05, 0.1) is 23.7 Å².